The Balaban J connectivity index is 1.33. The van der Waals surface area contributed by atoms with Gasteiger partial charge in [0.05, 0.1) is 25.2 Å². The highest BCUT2D eigenvalue weighted by Crippen LogP contribution is 2.33. The van der Waals surface area contributed by atoms with E-state index in [-0.39, 0.29) is 11.5 Å². The molecule has 0 aliphatic carbocycles. The average molecular weight is 391 g/mol. The lowest BCUT2D eigenvalue weighted by atomic mass is 9.87. The molecule has 146 valence electrons. The molecule has 0 bridgehead atoms. The number of nitrogens with zero attached hydrogens (tertiary/aromatic N) is 5. The minimum Gasteiger partial charge on any atom is -0.373 e. The number of carbonyl (C=O) groups is 1. The molecule has 0 saturated carbocycles. The lowest BCUT2D eigenvalue weighted by Gasteiger charge is -2.40. The van der Waals surface area contributed by atoms with Crippen molar-refractivity contribution >= 4 is 17.2 Å². The van der Waals surface area contributed by atoms with Gasteiger partial charge in [0.25, 0.3) is 0 Å². The molecule has 0 atom stereocenters. The monoisotopic (exact) mass is 391 g/mol. The first-order valence-electron chi connectivity index (χ1n) is 9.50. The fourth-order valence-electron chi connectivity index (χ4n) is 3.73. The van der Waals surface area contributed by atoms with Crippen LogP contribution in [0, 0.1) is 0 Å². The van der Waals surface area contributed by atoms with Crippen molar-refractivity contribution in [3.63, 3.8) is 0 Å². The molecular weight excluding hydrogens is 366 g/mol. The molecule has 0 N–H and O–H groups in total. The van der Waals surface area contributed by atoms with Gasteiger partial charge >= 0.3 is 0 Å². The smallest absolute Gasteiger partial charge is 0.246 e. The van der Waals surface area contributed by atoms with Gasteiger partial charge in [0.1, 0.15) is 11.6 Å². The van der Waals surface area contributed by atoms with Gasteiger partial charge in [-0.1, -0.05) is 12.1 Å². The van der Waals surface area contributed by atoms with Crippen molar-refractivity contribution in [2.45, 2.75) is 51.3 Å². The number of aromatic nitrogens is 3. The van der Waals surface area contributed by atoms with Crippen molar-refractivity contribution < 1.29 is 14.1 Å². The summed E-state index contributed by atoms with van der Waals surface area (Å²) in [5, 5.41) is 7.05. The Kier molecular flexibility index (Phi) is 5.51. The number of piperidine rings is 1. The van der Waals surface area contributed by atoms with Crippen LogP contribution in [-0.2, 0) is 29.0 Å². The SMILES string of the molecule is CCc1noc(CN2CCOC3(CCN(Cc4nccs4)CC3)CC2=O)n1. The number of amides is 1. The largest absolute Gasteiger partial charge is 0.373 e. The van der Waals surface area contributed by atoms with Gasteiger partial charge in [0, 0.05) is 37.6 Å². The summed E-state index contributed by atoms with van der Waals surface area (Å²) >= 11 is 1.69. The standard InChI is InChI=1S/C18H25N5O3S/c1-2-14-20-15(26-21-14)12-23-8-9-25-18(11-17(23)24)3-6-22(7-4-18)13-16-19-5-10-27-16/h5,10H,2-4,6-9,11-13H2,1H3. The third-order valence-electron chi connectivity index (χ3n) is 5.36. The van der Waals surface area contributed by atoms with Crippen molar-refractivity contribution in [1.82, 2.24) is 24.9 Å². The number of likely N-dealkylation sites (tertiary alicyclic amines) is 1. The van der Waals surface area contributed by atoms with Crippen LogP contribution in [0.1, 0.15) is 42.9 Å². The number of rotatable bonds is 5. The quantitative estimate of drug-likeness (QED) is 0.769. The lowest BCUT2D eigenvalue weighted by molar-refractivity contribution is -0.136. The number of aryl methyl sites for hydroxylation is 1. The zero-order chi connectivity index (χ0) is 18.7. The molecule has 8 nitrogen and oxygen atoms in total. The molecule has 2 aromatic rings. The molecule has 1 amide bonds. The van der Waals surface area contributed by atoms with E-state index in [1.165, 1.54) is 0 Å². The van der Waals surface area contributed by atoms with Crippen molar-refractivity contribution in [3.05, 3.63) is 28.3 Å². The Bertz CT molecular complexity index is 755. The van der Waals surface area contributed by atoms with Crippen molar-refractivity contribution in [2.24, 2.45) is 0 Å². The van der Waals surface area contributed by atoms with Gasteiger partial charge in [-0.2, -0.15) is 4.98 Å². The van der Waals surface area contributed by atoms with Crippen molar-refractivity contribution in [3.8, 4) is 0 Å². The highest BCUT2D eigenvalue weighted by atomic mass is 32.1. The zero-order valence-corrected chi connectivity index (χ0v) is 16.4. The first kappa shape index (κ1) is 18.5. The molecule has 27 heavy (non-hydrogen) atoms. The van der Waals surface area contributed by atoms with Gasteiger partial charge < -0.3 is 14.2 Å². The Hall–Kier alpha value is -1.84. The summed E-state index contributed by atoms with van der Waals surface area (Å²) in [6.45, 7) is 6.18. The summed E-state index contributed by atoms with van der Waals surface area (Å²) in [7, 11) is 0. The fraction of sp³-hybridized carbons (Fsp3) is 0.667. The maximum atomic E-state index is 12.8. The van der Waals surface area contributed by atoms with E-state index in [2.05, 4.69) is 20.0 Å². The fourth-order valence-corrected chi connectivity index (χ4v) is 4.38. The molecule has 2 aromatic heterocycles. The van der Waals surface area contributed by atoms with Gasteiger partial charge in [-0.15, -0.1) is 11.3 Å². The Morgan fingerprint density at radius 2 is 2.11 bits per heavy atom. The third-order valence-corrected chi connectivity index (χ3v) is 6.12. The molecule has 2 aliphatic rings. The van der Waals surface area contributed by atoms with Crippen LogP contribution < -0.4 is 0 Å². The second-order valence-electron chi connectivity index (χ2n) is 7.18. The summed E-state index contributed by atoms with van der Waals surface area (Å²) in [5.41, 5.74) is -0.339. The number of ether oxygens (including phenoxy) is 1. The Labute approximate surface area is 162 Å². The van der Waals surface area contributed by atoms with E-state index >= 15 is 0 Å². The number of carbonyl (C=O) groups excluding carboxylic acids is 1. The molecular formula is C18H25N5O3S. The van der Waals surface area contributed by atoms with Crippen LogP contribution in [0.3, 0.4) is 0 Å². The second kappa shape index (κ2) is 8.04. The third kappa shape index (κ3) is 4.36. The summed E-state index contributed by atoms with van der Waals surface area (Å²) in [5.74, 6) is 1.28. The van der Waals surface area contributed by atoms with E-state index in [1.54, 1.807) is 16.2 Å². The van der Waals surface area contributed by atoms with Crippen molar-refractivity contribution in [1.29, 1.82) is 0 Å². The van der Waals surface area contributed by atoms with Crippen LogP contribution in [0.5, 0.6) is 0 Å². The molecule has 4 rings (SSSR count). The summed E-state index contributed by atoms with van der Waals surface area (Å²) in [6, 6.07) is 0. The van der Waals surface area contributed by atoms with Crippen LogP contribution in [0.2, 0.25) is 0 Å². The van der Waals surface area contributed by atoms with Gasteiger partial charge in [0.2, 0.25) is 11.8 Å². The first-order chi connectivity index (χ1) is 13.2. The predicted molar refractivity (Wildman–Crippen MR) is 99.0 cm³/mol. The Morgan fingerprint density at radius 3 is 2.81 bits per heavy atom. The van der Waals surface area contributed by atoms with Crippen LogP contribution in [0.4, 0.5) is 0 Å². The lowest BCUT2D eigenvalue weighted by Crippen LogP contribution is -2.47. The topological polar surface area (TPSA) is 84.6 Å². The van der Waals surface area contributed by atoms with Crippen LogP contribution in [0.15, 0.2) is 16.1 Å². The molecule has 4 heterocycles. The molecule has 0 aromatic carbocycles. The van der Waals surface area contributed by atoms with Gasteiger partial charge in [-0.25, -0.2) is 4.98 Å². The average Bonchev–Trinajstić information content (AvgIpc) is 3.32. The zero-order valence-electron chi connectivity index (χ0n) is 15.6. The number of hydrogen-bond donors (Lipinski definition) is 0. The van der Waals surface area contributed by atoms with E-state index in [4.69, 9.17) is 9.26 Å². The Morgan fingerprint density at radius 1 is 1.26 bits per heavy atom. The van der Waals surface area contributed by atoms with Crippen molar-refractivity contribution in [2.75, 3.05) is 26.2 Å². The van der Waals surface area contributed by atoms with E-state index in [0.29, 0.717) is 37.8 Å². The van der Waals surface area contributed by atoms with E-state index in [9.17, 15) is 4.79 Å². The molecule has 2 aliphatic heterocycles. The van der Waals surface area contributed by atoms with Gasteiger partial charge in [0.15, 0.2) is 5.82 Å². The molecule has 2 saturated heterocycles. The molecule has 0 radical (unpaired) electrons. The number of thiazole rings is 1. The molecule has 0 unspecified atom stereocenters. The summed E-state index contributed by atoms with van der Waals surface area (Å²) in [4.78, 5) is 25.7. The summed E-state index contributed by atoms with van der Waals surface area (Å²) in [6.07, 6.45) is 4.74. The minimum atomic E-state index is -0.339. The van der Waals surface area contributed by atoms with E-state index < -0.39 is 0 Å². The van der Waals surface area contributed by atoms with E-state index in [1.807, 2.05) is 18.5 Å². The maximum Gasteiger partial charge on any atom is 0.246 e. The molecule has 1 spiro atoms. The van der Waals surface area contributed by atoms with Crippen LogP contribution in [-0.4, -0.2) is 62.7 Å². The molecule has 9 heteroatoms. The highest BCUT2D eigenvalue weighted by Gasteiger charge is 2.40. The molecule has 2 fully saturated rings. The normalized spacial score (nSPS) is 20.9. The van der Waals surface area contributed by atoms with E-state index in [0.717, 1.165) is 43.9 Å². The minimum absolute atomic E-state index is 0.108. The van der Waals surface area contributed by atoms with Crippen LogP contribution >= 0.6 is 11.3 Å². The number of hydrogen-bond acceptors (Lipinski definition) is 8. The maximum absolute atomic E-state index is 12.8. The van der Waals surface area contributed by atoms with Crippen LogP contribution in [0.25, 0.3) is 0 Å². The summed E-state index contributed by atoms with van der Waals surface area (Å²) < 4.78 is 11.5. The highest BCUT2D eigenvalue weighted by molar-refractivity contribution is 7.09. The second-order valence-corrected chi connectivity index (χ2v) is 8.16. The van der Waals surface area contributed by atoms with Gasteiger partial charge in [-0.05, 0) is 12.8 Å². The predicted octanol–water partition coefficient (Wildman–Crippen LogP) is 1.87. The first-order valence-corrected chi connectivity index (χ1v) is 10.4. The van der Waals surface area contributed by atoms with Gasteiger partial charge in [-0.3, -0.25) is 9.69 Å².